The van der Waals surface area contributed by atoms with E-state index in [1.165, 1.54) is 0 Å². The van der Waals surface area contributed by atoms with E-state index in [0.717, 1.165) is 10.2 Å². The summed E-state index contributed by atoms with van der Waals surface area (Å²) in [7, 11) is 0. The molecule has 0 radical (unpaired) electrons. The zero-order valence-electron chi connectivity index (χ0n) is 4.51. The molecule has 3 heteroatoms. The predicted octanol–water partition coefficient (Wildman–Crippen LogP) is 1.45. The van der Waals surface area contributed by atoms with Crippen molar-refractivity contribution in [3.8, 4) is 0 Å². The summed E-state index contributed by atoms with van der Waals surface area (Å²) in [6.07, 6.45) is 3.31. The van der Waals surface area contributed by atoms with Crippen LogP contribution in [-0.4, -0.2) is 9.97 Å². The van der Waals surface area contributed by atoms with Crippen molar-refractivity contribution in [1.29, 1.82) is 0 Å². The van der Waals surface area contributed by atoms with Crippen LogP contribution in [0.5, 0.6) is 0 Å². The van der Waals surface area contributed by atoms with Gasteiger partial charge in [-0.1, -0.05) is 12.2 Å². The summed E-state index contributed by atoms with van der Waals surface area (Å²) in [4.78, 5) is 6.63. The Bertz CT molecular complexity index is 228. The van der Waals surface area contributed by atoms with Crippen molar-refractivity contribution in [1.82, 2.24) is 9.97 Å². The van der Waals surface area contributed by atoms with Crippen molar-refractivity contribution >= 4 is 12.2 Å². The fourth-order valence-corrected chi connectivity index (χ4v) is 0.523. The van der Waals surface area contributed by atoms with Gasteiger partial charge in [-0.25, -0.2) is 4.98 Å². The van der Waals surface area contributed by atoms with Crippen molar-refractivity contribution in [2.24, 2.45) is 0 Å². The van der Waals surface area contributed by atoms with Crippen LogP contribution in [0.4, 0.5) is 0 Å². The van der Waals surface area contributed by atoms with E-state index in [4.69, 9.17) is 12.2 Å². The predicted molar refractivity (Wildman–Crippen MR) is 34.2 cm³/mol. The normalized spacial score (nSPS) is 9.12. The SMILES string of the molecule is Cc1cnc[nH]c1=S. The van der Waals surface area contributed by atoms with Gasteiger partial charge in [0.05, 0.1) is 6.33 Å². The molecule has 2 nitrogen and oxygen atoms in total. The molecule has 0 aliphatic heterocycles. The van der Waals surface area contributed by atoms with Gasteiger partial charge < -0.3 is 4.98 Å². The number of hydrogen-bond donors (Lipinski definition) is 1. The Morgan fingerprint density at radius 2 is 2.50 bits per heavy atom. The minimum absolute atomic E-state index is 0.764. The van der Waals surface area contributed by atoms with Gasteiger partial charge >= 0.3 is 0 Å². The van der Waals surface area contributed by atoms with Gasteiger partial charge in [-0.15, -0.1) is 0 Å². The maximum absolute atomic E-state index is 4.86. The first-order valence-electron chi connectivity index (χ1n) is 2.30. The average molecular weight is 126 g/mol. The number of aromatic nitrogens is 2. The third kappa shape index (κ3) is 0.924. The average Bonchev–Trinajstić information content (AvgIpc) is 1.77. The molecule has 0 aliphatic carbocycles. The van der Waals surface area contributed by atoms with Gasteiger partial charge in [-0.2, -0.15) is 0 Å². The standard InChI is InChI=1S/C5H6N2S/c1-4-2-6-3-7-5(4)8/h2-3H,1H3,(H,6,7,8). The highest BCUT2D eigenvalue weighted by Crippen LogP contribution is 1.90. The molecule has 0 spiro atoms. The van der Waals surface area contributed by atoms with Crippen LogP contribution in [0.2, 0.25) is 0 Å². The number of aryl methyl sites for hydroxylation is 1. The van der Waals surface area contributed by atoms with E-state index in [-0.39, 0.29) is 0 Å². The molecule has 8 heavy (non-hydrogen) atoms. The molecule has 0 aromatic carbocycles. The van der Waals surface area contributed by atoms with Crippen LogP contribution < -0.4 is 0 Å². The molecule has 0 fully saturated rings. The largest absolute Gasteiger partial charge is 0.337 e. The molecule has 1 aromatic heterocycles. The van der Waals surface area contributed by atoms with Crippen LogP contribution in [0, 0.1) is 11.6 Å². The highest BCUT2D eigenvalue weighted by molar-refractivity contribution is 7.71. The minimum atomic E-state index is 0.764. The summed E-state index contributed by atoms with van der Waals surface area (Å²) < 4.78 is 0.764. The molecule has 42 valence electrons. The lowest BCUT2D eigenvalue weighted by molar-refractivity contribution is 1.11. The van der Waals surface area contributed by atoms with Gasteiger partial charge in [0, 0.05) is 11.8 Å². The molecule has 0 aliphatic rings. The zero-order valence-corrected chi connectivity index (χ0v) is 5.33. The van der Waals surface area contributed by atoms with Crippen molar-refractivity contribution in [3.05, 3.63) is 22.7 Å². The molecule has 0 amide bonds. The second-order valence-electron chi connectivity index (χ2n) is 1.56. The molecule has 0 atom stereocenters. The molecule has 0 unspecified atom stereocenters. The number of H-pyrrole nitrogens is 1. The number of nitrogens with one attached hydrogen (secondary N) is 1. The minimum Gasteiger partial charge on any atom is -0.337 e. The molecule has 1 N–H and O–H groups in total. The quantitative estimate of drug-likeness (QED) is 0.533. The van der Waals surface area contributed by atoms with Gasteiger partial charge in [0.1, 0.15) is 4.64 Å². The van der Waals surface area contributed by atoms with E-state index >= 15 is 0 Å². The third-order valence-corrected chi connectivity index (χ3v) is 1.34. The maximum atomic E-state index is 4.86. The van der Waals surface area contributed by atoms with Crippen molar-refractivity contribution in [3.63, 3.8) is 0 Å². The Kier molecular flexibility index (Phi) is 1.39. The van der Waals surface area contributed by atoms with Crippen molar-refractivity contribution in [2.75, 3.05) is 0 Å². The van der Waals surface area contributed by atoms with E-state index in [0.29, 0.717) is 0 Å². The van der Waals surface area contributed by atoms with E-state index < -0.39 is 0 Å². The first-order chi connectivity index (χ1) is 3.80. The molecule has 1 heterocycles. The van der Waals surface area contributed by atoms with Gasteiger partial charge in [0.25, 0.3) is 0 Å². The van der Waals surface area contributed by atoms with Crippen LogP contribution in [0.15, 0.2) is 12.5 Å². The molecule has 0 saturated heterocycles. The Hall–Kier alpha value is -0.700. The highest BCUT2D eigenvalue weighted by atomic mass is 32.1. The molecular weight excluding hydrogens is 120 g/mol. The Labute approximate surface area is 52.6 Å². The van der Waals surface area contributed by atoms with Gasteiger partial charge in [-0.3, -0.25) is 0 Å². The Balaban J connectivity index is 3.35. The molecular formula is C5H6N2S. The Morgan fingerprint density at radius 3 is 2.88 bits per heavy atom. The van der Waals surface area contributed by atoms with Crippen LogP contribution >= 0.6 is 12.2 Å². The fourth-order valence-electron chi connectivity index (χ4n) is 0.417. The van der Waals surface area contributed by atoms with E-state index in [1.54, 1.807) is 12.5 Å². The van der Waals surface area contributed by atoms with Gasteiger partial charge in [-0.05, 0) is 6.92 Å². The van der Waals surface area contributed by atoms with Crippen LogP contribution in [0.1, 0.15) is 5.56 Å². The molecule has 0 bridgehead atoms. The van der Waals surface area contributed by atoms with E-state index in [1.807, 2.05) is 6.92 Å². The molecule has 1 rings (SSSR count). The fraction of sp³-hybridized carbons (Fsp3) is 0.200. The number of aromatic amines is 1. The van der Waals surface area contributed by atoms with Gasteiger partial charge in [0.2, 0.25) is 0 Å². The lowest BCUT2D eigenvalue weighted by Crippen LogP contribution is -1.79. The van der Waals surface area contributed by atoms with E-state index in [2.05, 4.69) is 9.97 Å². The molecule has 0 saturated carbocycles. The summed E-state index contributed by atoms with van der Waals surface area (Å²) in [6.45, 7) is 1.92. The lowest BCUT2D eigenvalue weighted by atomic mass is 10.4. The third-order valence-electron chi connectivity index (χ3n) is 0.897. The molecule has 1 aromatic rings. The highest BCUT2D eigenvalue weighted by Gasteiger charge is 1.80. The second-order valence-corrected chi connectivity index (χ2v) is 1.97. The van der Waals surface area contributed by atoms with Crippen molar-refractivity contribution < 1.29 is 0 Å². The smallest absolute Gasteiger partial charge is 0.108 e. The van der Waals surface area contributed by atoms with Crippen LogP contribution in [-0.2, 0) is 0 Å². The summed E-state index contributed by atoms with van der Waals surface area (Å²) in [5.41, 5.74) is 1.02. The lowest BCUT2D eigenvalue weighted by Gasteiger charge is -1.86. The monoisotopic (exact) mass is 126 g/mol. The van der Waals surface area contributed by atoms with E-state index in [9.17, 15) is 0 Å². The summed E-state index contributed by atoms with van der Waals surface area (Å²) >= 11 is 4.86. The summed E-state index contributed by atoms with van der Waals surface area (Å²) in [6, 6.07) is 0. The van der Waals surface area contributed by atoms with Crippen LogP contribution in [0.25, 0.3) is 0 Å². The first kappa shape index (κ1) is 5.44. The maximum Gasteiger partial charge on any atom is 0.108 e. The summed E-state index contributed by atoms with van der Waals surface area (Å²) in [5.74, 6) is 0. The number of rotatable bonds is 0. The Morgan fingerprint density at radius 1 is 1.75 bits per heavy atom. The summed E-state index contributed by atoms with van der Waals surface area (Å²) in [5, 5.41) is 0. The van der Waals surface area contributed by atoms with Crippen LogP contribution in [0.3, 0.4) is 0 Å². The topological polar surface area (TPSA) is 28.7 Å². The number of hydrogen-bond acceptors (Lipinski definition) is 2. The first-order valence-corrected chi connectivity index (χ1v) is 2.71. The zero-order chi connectivity index (χ0) is 5.98. The van der Waals surface area contributed by atoms with Crippen molar-refractivity contribution in [2.45, 2.75) is 6.92 Å². The second kappa shape index (κ2) is 2.05. The number of nitrogens with zero attached hydrogens (tertiary/aromatic N) is 1. The van der Waals surface area contributed by atoms with Gasteiger partial charge in [0.15, 0.2) is 0 Å².